The first-order valence-corrected chi connectivity index (χ1v) is 7.36. The highest BCUT2D eigenvalue weighted by molar-refractivity contribution is 5.92. The van der Waals surface area contributed by atoms with Gasteiger partial charge in [-0.1, -0.05) is 0 Å². The number of hydrogen-bond donors (Lipinski definition) is 2. The molecule has 1 fully saturated rings. The van der Waals surface area contributed by atoms with Crippen LogP contribution in [0.3, 0.4) is 0 Å². The first kappa shape index (κ1) is 14.7. The summed E-state index contributed by atoms with van der Waals surface area (Å²) in [6, 6.07) is 3.68. The second-order valence-corrected chi connectivity index (χ2v) is 5.37. The third-order valence-electron chi connectivity index (χ3n) is 3.82. The Morgan fingerprint density at radius 1 is 1.41 bits per heavy atom. The van der Waals surface area contributed by atoms with E-state index in [1.54, 1.807) is 30.7 Å². The zero-order chi connectivity index (χ0) is 15.4. The molecule has 116 valence electrons. The third kappa shape index (κ3) is 3.32. The van der Waals surface area contributed by atoms with Crippen molar-refractivity contribution in [2.45, 2.75) is 6.04 Å². The summed E-state index contributed by atoms with van der Waals surface area (Å²) < 4.78 is 2.01. The summed E-state index contributed by atoms with van der Waals surface area (Å²) in [6.07, 6.45) is 7.05. The molecule has 1 unspecified atom stereocenters. The van der Waals surface area contributed by atoms with Gasteiger partial charge in [-0.3, -0.25) is 14.7 Å². The highest BCUT2D eigenvalue weighted by Crippen LogP contribution is 2.20. The molecular formula is C15H20N6O. The van der Waals surface area contributed by atoms with Gasteiger partial charge in [0.25, 0.3) is 0 Å². The number of piperazine rings is 1. The van der Waals surface area contributed by atoms with Gasteiger partial charge in [0.15, 0.2) is 0 Å². The zero-order valence-electron chi connectivity index (χ0n) is 12.6. The van der Waals surface area contributed by atoms with E-state index in [9.17, 15) is 4.79 Å². The number of carbonyl (C=O) groups is 1. The second-order valence-electron chi connectivity index (χ2n) is 5.37. The topological polar surface area (TPSA) is 75.1 Å². The minimum atomic E-state index is -0.0210. The van der Waals surface area contributed by atoms with Gasteiger partial charge in [0.1, 0.15) is 5.82 Å². The quantitative estimate of drug-likeness (QED) is 0.855. The molecule has 1 aliphatic rings. The maximum Gasteiger partial charge on any atom is 0.238 e. The molecule has 0 radical (unpaired) electrons. The molecule has 22 heavy (non-hydrogen) atoms. The van der Waals surface area contributed by atoms with Crippen molar-refractivity contribution in [3.05, 3.63) is 42.7 Å². The molecule has 7 heteroatoms. The van der Waals surface area contributed by atoms with Crippen LogP contribution in [0.4, 0.5) is 5.69 Å². The van der Waals surface area contributed by atoms with Gasteiger partial charge in [0.2, 0.25) is 5.91 Å². The average Bonchev–Trinajstić information content (AvgIpc) is 2.95. The lowest BCUT2D eigenvalue weighted by Crippen LogP contribution is -2.49. The smallest absolute Gasteiger partial charge is 0.238 e. The van der Waals surface area contributed by atoms with Crippen LogP contribution >= 0.6 is 0 Å². The number of rotatable bonds is 4. The minimum Gasteiger partial charge on any atom is -0.337 e. The van der Waals surface area contributed by atoms with Gasteiger partial charge in [-0.2, -0.15) is 0 Å². The lowest BCUT2D eigenvalue weighted by atomic mass is 10.1. The minimum absolute atomic E-state index is 0.0210. The normalized spacial score (nSPS) is 19.0. The SMILES string of the molecule is Cn1ccnc1C1CNCCN1CC(=O)Nc1ccncc1. The van der Waals surface area contributed by atoms with Crippen LogP contribution in [0.25, 0.3) is 0 Å². The summed E-state index contributed by atoms with van der Waals surface area (Å²) in [6.45, 7) is 2.85. The molecule has 0 spiro atoms. The van der Waals surface area contributed by atoms with Crippen molar-refractivity contribution >= 4 is 11.6 Å². The summed E-state index contributed by atoms with van der Waals surface area (Å²) in [5.74, 6) is 0.955. The summed E-state index contributed by atoms with van der Waals surface area (Å²) in [4.78, 5) is 22.8. The summed E-state index contributed by atoms with van der Waals surface area (Å²) in [5, 5.41) is 6.27. The zero-order valence-corrected chi connectivity index (χ0v) is 12.6. The Hall–Kier alpha value is -2.25. The van der Waals surface area contributed by atoms with E-state index in [1.165, 1.54) is 0 Å². The molecule has 1 atom stereocenters. The summed E-state index contributed by atoms with van der Waals surface area (Å²) in [5.41, 5.74) is 0.767. The van der Waals surface area contributed by atoms with Crippen molar-refractivity contribution in [2.75, 3.05) is 31.5 Å². The first-order valence-electron chi connectivity index (χ1n) is 7.36. The van der Waals surface area contributed by atoms with Gasteiger partial charge in [0.05, 0.1) is 12.6 Å². The third-order valence-corrected chi connectivity index (χ3v) is 3.82. The number of pyridine rings is 1. The Labute approximate surface area is 129 Å². The molecule has 0 bridgehead atoms. The number of anilines is 1. The fourth-order valence-electron chi connectivity index (χ4n) is 2.71. The van der Waals surface area contributed by atoms with Gasteiger partial charge >= 0.3 is 0 Å². The Kier molecular flexibility index (Phi) is 4.45. The van der Waals surface area contributed by atoms with E-state index in [0.29, 0.717) is 6.54 Å². The molecule has 2 aromatic rings. The predicted octanol–water partition coefficient (Wildman–Crippen LogP) is 0.400. The van der Waals surface area contributed by atoms with E-state index in [2.05, 4.69) is 25.5 Å². The Morgan fingerprint density at radius 3 is 2.95 bits per heavy atom. The van der Waals surface area contributed by atoms with Crippen LogP contribution in [0.2, 0.25) is 0 Å². The van der Waals surface area contributed by atoms with Gasteiger partial charge in [-0.15, -0.1) is 0 Å². The maximum atomic E-state index is 12.3. The van der Waals surface area contributed by atoms with Crippen LogP contribution in [-0.4, -0.2) is 51.5 Å². The average molecular weight is 300 g/mol. The number of nitrogens with one attached hydrogen (secondary N) is 2. The molecule has 1 saturated heterocycles. The molecule has 1 amide bonds. The molecule has 0 aliphatic carbocycles. The second kappa shape index (κ2) is 6.67. The molecule has 2 aromatic heterocycles. The van der Waals surface area contributed by atoms with E-state index < -0.39 is 0 Å². The molecular weight excluding hydrogens is 280 g/mol. The van der Waals surface area contributed by atoms with Crippen molar-refractivity contribution in [3.63, 3.8) is 0 Å². The van der Waals surface area contributed by atoms with Crippen molar-refractivity contribution < 1.29 is 4.79 Å². The highest BCUT2D eigenvalue weighted by atomic mass is 16.2. The van der Waals surface area contributed by atoms with Crippen LogP contribution in [0.5, 0.6) is 0 Å². The van der Waals surface area contributed by atoms with E-state index in [4.69, 9.17) is 0 Å². The van der Waals surface area contributed by atoms with E-state index >= 15 is 0 Å². The van der Waals surface area contributed by atoms with Crippen LogP contribution in [-0.2, 0) is 11.8 Å². The molecule has 0 saturated carbocycles. The number of nitrogens with zero attached hydrogens (tertiary/aromatic N) is 4. The number of amides is 1. The van der Waals surface area contributed by atoms with Crippen LogP contribution in [0, 0.1) is 0 Å². The Morgan fingerprint density at radius 2 is 2.23 bits per heavy atom. The van der Waals surface area contributed by atoms with Crippen molar-refractivity contribution in [3.8, 4) is 0 Å². The highest BCUT2D eigenvalue weighted by Gasteiger charge is 2.28. The van der Waals surface area contributed by atoms with Crippen LogP contribution in [0.1, 0.15) is 11.9 Å². The number of hydrogen-bond acceptors (Lipinski definition) is 5. The summed E-state index contributed by atoms with van der Waals surface area (Å²) >= 11 is 0. The largest absolute Gasteiger partial charge is 0.337 e. The van der Waals surface area contributed by atoms with Crippen LogP contribution in [0.15, 0.2) is 36.9 Å². The Balaban J connectivity index is 1.67. The number of aromatic nitrogens is 3. The lowest BCUT2D eigenvalue weighted by Gasteiger charge is -2.35. The van der Waals surface area contributed by atoms with E-state index in [0.717, 1.165) is 31.1 Å². The maximum absolute atomic E-state index is 12.3. The van der Waals surface area contributed by atoms with Gasteiger partial charge in [0, 0.05) is 57.2 Å². The Bertz CT molecular complexity index is 626. The molecule has 2 N–H and O–H groups in total. The molecule has 1 aliphatic heterocycles. The monoisotopic (exact) mass is 300 g/mol. The first-order chi connectivity index (χ1) is 10.7. The van der Waals surface area contributed by atoms with E-state index in [-0.39, 0.29) is 11.9 Å². The van der Waals surface area contributed by atoms with E-state index in [1.807, 2.05) is 17.8 Å². The fraction of sp³-hybridized carbons (Fsp3) is 0.400. The lowest BCUT2D eigenvalue weighted by molar-refractivity contribution is -0.118. The van der Waals surface area contributed by atoms with Crippen molar-refractivity contribution in [1.82, 2.24) is 24.8 Å². The number of aryl methyl sites for hydroxylation is 1. The molecule has 3 heterocycles. The van der Waals surface area contributed by atoms with Crippen molar-refractivity contribution in [1.29, 1.82) is 0 Å². The summed E-state index contributed by atoms with van der Waals surface area (Å²) in [7, 11) is 1.98. The van der Waals surface area contributed by atoms with Crippen LogP contribution < -0.4 is 10.6 Å². The van der Waals surface area contributed by atoms with Crippen molar-refractivity contribution in [2.24, 2.45) is 7.05 Å². The van der Waals surface area contributed by atoms with Gasteiger partial charge in [-0.05, 0) is 12.1 Å². The number of carbonyl (C=O) groups excluding carboxylic acids is 1. The molecule has 3 rings (SSSR count). The predicted molar refractivity (Wildman–Crippen MR) is 83.3 cm³/mol. The van der Waals surface area contributed by atoms with Gasteiger partial charge in [-0.25, -0.2) is 4.98 Å². The number of imidazole rings is 1. The van der Waals surface area contributed by atoms with Gasteiger partial charge < -0.3 is 15.2 Å². The standard InChI is InChI=1S/C15H20N6O/c1-20-8-7-18-15(20)13-10-17-6-9-21(13)11-14(22)19-12-2-4-16-5-3-12/h2-5,7-8,13,17H,6,9-11H2,1H3,(H,16,19,22). The molecule has 7 nitrogen and oxygen atoms in total. The molecule has 0 aromatic carbocycles. The fourth-order valence-corrected chi connectivity index (χ4v) is 2.71.